The van der Waals surface area contributed by atoms with Gasteiger partial charge in [0.1, 0.15) is 0 Å². The van der Waals surface area contributed by atoms with E-state index in [0.29, 0.717) is 11.4 Å². The maximum absolute atomic E-state index is 12.2. The molecule has 0 aliphatic rings. The Kier molecular flexibility index (Phi) is 4.19. The highest BCUT2D eigenvalue weighted by Gasteiger charge is 2.14. The van der Waals surface area contributed by atoms with Gasteiger partial charge in [-0.2, -0.15) is 0 Å². The SMILES string of the molecule is CNC(C)CNS(=O)(=O)c1ccc2ccccc2c1. The fraction of sp³-hybridized carbons (Fsp3) is 0.286. The molecule has 19 heavy (non-hydrogen) atoms. The molecule has 4 nitrogen and oxygen atoms in total. The molecule has 2 aromatic carbocycles. The molecule has 5 heteroatoms. The number of fused-ring (bicyclic) bond motifs is 1. The average Bonchev–Trinajstić information content (AvgIpc) is 2.44. The van der Waals surface area contributed by atoms with Crippen LogP contribution in [0.3, 0.4) is 0 Å². The summed E-state index contributed by atoms with van der Waals surface area (Å²) in [6, 6.07) is 12.9. The summed E-state index contributed by atoms with van der Waals surface area (Å²) in [6.07, 6.45) is 0. The number of rotatable bonds is 5. The Bertz CT molecular complexity index is 668. The number of hydrogen-bond acceptors (Lipinski definition) is 3. The number of likely N-dealkylation sites (N-methyl/N-ethyl adjacent to an activating group) is 1. The third-order valence-electron chi connectivity index (χ3n) is 3.10. The minimum absolute atomic E-state index is 0.0928. The molecule has 0 fully saturated rings. The summed E-state index contributed by atoms with van der Waals surface area (Å²) in [5.74, 6) is 0. The molecule has 1 atom stereocenters. The van der Waals surface area contributed by atoms with Crippen LogP contribution in [0.15, 0.2) is 47.4 Å². The summed E-state index contributed by atoms with van der Waals surface area (Å²) >= 11 is 0. The van der Waals surface area contributed by atoms with Crippen molar-refractivity contribution in [2.45, 2.75) is 17.9 Å². The van der Waals surface area contributed by atoms with Gasteiger partial charge >= 0.3 is 0 Å². The fourth-order valence-electron chi connectivity index (χ4n) is 1.75. The van der Waals surface area contributed by atoms with Crippen molar-refractivity contribution in [1.29, 1.82) is 0 Å². The number of benzene rings is 2. The van der Waals surface area contributed by atoms with Crippen molar-refractivity contribution >= 4 is 20.8 Å². The largest absolute Gasteiger partial charge is 0.316 e. The lowest BCUT2D eigenvalue weighted by molar-refractivity contribution is 0.554. The van der Waals surface area contributed by atoms with Gasteiger partial charge in [0.2, 0.25) is 10.0 Å². The standard InChI is InChI=1S/C14H18N2O2S/c1-11(15-2)10-16-19(17,18)14-8-7-12-5-3-4-6-13(12)9-14/h3-9,11,15-16H,10H2,1-2H3. The third-order valence-corrected chi connectivity index (χ3v) is 4.52. The van der Waals surface area contributed by atoms with Gasteiger partial charge in [0.15, 0.2) is 0 Å². The molecular formula is C14H18N2O2S. The zero-order valence-electron chi connectivity index (χ0n) is 11.1. The van der Waals surface area contributed by atoms with Crippen LogP contribution in [0.5, 0.6) is 0 Å². The summed E-state index contributed by atoms with van der Waals surface area (Å²) in [4.78, 5) is 0.300. The first-order chi connectivity index (χ1) is 9.03. The lowest BCUT2D eigenvalue weighted by Crippen LogP contribution is -2.37. The summed E-state index contributed by atoms with van der Waals surface area (Å²) in [5.41, 5.74) is 0. The number of nitrogens with one attached hydrogen (secondary N) is 2. The fourth-order valence-corrected chi connectivity index (χ4v) is 2.92. The Morgan fingerprint density at radius 1 is 1.11 bits per heavy atom. The smallest absolute Gasteiger partial charge is 0.240 e. The van der Waals surface area contributed by atoms with Crippen LogP contribution in [0.4, 0.5) is 0 Å². The second kappa shape index (κ2) is 5.69. The van der Waals surface area contributed by atoms with Gasteiger partial charge in [-0.05, 0) is 36.9 Å². The maximum atomic E-state index is 12.2. The zero-order valence-corrected chi connectivity index (χ0v) is 11.9. The second-order valence-electron chi connectivity index (χ2n) is 4.55. The van der Waals surface area contributed by atoms with Gasteiger partial charge in [-0.25, -0.2) is 13.1 Å². The van der Waals surface area contributed by atoms with Crippen LogP contribution in [0, 0.1) is 0 Å². The van der Waals surface area contributed by atoms with Gasteiger partial charge in [0.05, 0.1) is 4.90 Å². The highest BCUT2D eigenvalue weighted by atomic mass is 32.2. The third kappa shape index (κ3) is 3.32. The van der Waals surface area contributed by atoms with Crippen LogP contribution in [0.1, 0.15) is 6.92 Å². The molecule has 0 aromatic heterocycles. The second-order valence-corrected chi connectivity index (χ2v) is 6.32. The van der Waals surface area contributed by atoms with Gasteiger partial charge in [0, 0.05) is 12.6 Å². The van der Waals surface area contributed by atoms with Crippen LogP contribution in [-0.4, -0.2) is 28.1 Å². The van der Waals surface area contributed by atoms with E-state index in [0.717, 1.165) is 10.8 Å². The molecule has 0 radical (unpaired) electrons. The lowest BCUT2D eigenvalue weighted by atomic mass is 10.1. The summed E-state index contributed by atoms with van der Waals surface area (Å²) < 4.78 is 26.9. The molecule has 0 heterocycles. The summed E-state index contributed by atoms with van der Waals surface area (Å²) in [7, 11) is -1.65. The van der Waals surface area contributed by atoms with Crippen molar-refractivity contribution in [3.05, 3.63) is 42.5 Å². The highest BCUT2D eigenvalue weighted by molar-refractivity contribution is 7.89. The summed E-state index contributed by atoms with van der Waals surface area (Å²) in [6.45, 7) is 2.29. The average molecular weight is 278 g/mol. The van der Waals surface area contributed by atoms with E-state index in [1.54, 1.807) is 19.2 Å². The first kappa shape index (κ1) is 14.0. The van der Waals surface area contributed by atoms with Gasteiger partial charge in [-0.1, -0.05) is 30.3 Å². The molecule has 1 unspecified atom stereocenters. The molecule has 0 spiro atoms. The predicted octanol–water partition coefficient (Wildman–Crippen LogP) is 1.73. The Labute approximate surface area is 113 Å². The zero-order chi connectivity index (χ0) is 13.9. The van der Waals surface area contributed by atoms with Crippen LogP contribution in [0.2, 0.25) is 0 Å². The van der Waals surface area contributed by atoms with E-state index in [2.05, 4.69) is 10.0 Å². The molecule has 2 aromatic rings. The van der Waals surface area contributed by atoms with Crippen LogP contribution < -0.4 is 10.0 Å². The van der Waals surface area contributed by atoms with E-state index in [-0.39, 0.29) is 6.04 Å². The summed E-state index contributed by atoms with van der Waals surface area (Å²) in [5, 5.41) is 4.95. The van der Waals surface area contributed by atoms with Crippen molar-refractivity contribution in [2.24, 2.45) is 0 Å². The molecule has 102 valence electrons. The quantitative estimate of drug-likeness (QED) is 0.875. The highest BCUT2D eigenvalue weighted by Crippen LogP contribution is 2.18. The monoisotopic (exact) mass is 278 g/mol. The normalized spacial score (nSPS) is 13.6. The van der Waals surface area contributed by atoms with Crippen molar-refractivity contribution in [1.82, 2.24) is 10.0 Å². The minimum atomic E-state index is -3.45. The molecule has 0 saturated carbocycles. The Balaban J connectivity index is 2.27. The molecule has 2 rings (SSSR count). The van der Waals surface area contributed by atoms with Gasteiger partial charge in [-0.3, -0.25) is 0 Å². The van der Waals surface area contributed by atoms with E-state index in [1.807, 2.05) is 37.3 Å². The minimum Gasteiger partial charge on any atom is -0.316 e. The topological polar surface area (TPSA) is 58.2 Å². The van der Waals surface area contributed by atoms with E-state index in [1.165, 1.54) is 0 Å². The molecule has 0 aliphatic carbocycles. The van der Waals surface area contributed by atoms with Crippen molar-refractivity contribution in [3.63, 3.8) is 0 Å². The molecule has 0 bridgehead atoms. The van der Waals surface area contributed by atoms with Crippen LogP contribution in [0.25, 0.3) is 10.8 Å². The molecule has 0 amide bonds. The van der Waals surface area contributed by atoms with E-state index in [9.17, 15) is 8.42 Å². The van der Waals surface area contributed by atoms with Crippen molar-refractivity contribution < 1.29 is 8.42 Å². The van der Waals surface area contributed by atoms with E-state index < -0.39 is 10.0 Å². The van der Waals surface area contributed by atoms with Crippen LogP contribution in [-0.2, 0) is 10.0 Å². The first-order valence-corrected chi connectivity index (χ1v) is 7.67. The Hall–Kier alpha value is -1.43. The Morgan fingerprint density at radius 3 is 2.47 bits per heavy atom. The van der Waals surface area contributed by atoms with Crippen molar-refractivity contribution in [3.8, 4) is 0 Å². The predicted molar refractivity (Wildman–Crippen MR) is 77.7 cm³/mol. The Morgan fingerprint density at radius 2 is 1.79 bits per heavy atom. The molecule has 0 saturated heterocycles. The van der Waals surface area contributed by atoms with Gasteiger partial charge in [-0.15, -0.1) is 0 Å². The first-order valence-electron chi connectivity index (χ1n) is 6.18. The van der Waals surface area contributed by atoms with Crippen LogP contribution >= 0.6 is 0 Å². The van der Waals surface area contributed by atoms with Gasteiger partial charge in [0.25, 0.3) is 0 Å². The number of hydrogen-bond donors (Lipinski definition) is 2. The van der Waals surface area contributed by atoms with Gasteiger partial charge < -0.3 is 5.32 Å². The van der Waals surface area contributed by atoms with Crippen molar-refractivity contribution in [2.75, 3.05) is 13.6 Å². The molecule has 0 aliphatic heterocycles. The molecule has 2 N–H and O–H groups in total. The number of sulfonamides is 1. The molecular weight excluding hydrogens is 260 g/mol. The van der Waals surface area contributed by atoms with E-state index >= 15 is 0 Å². The lowest BCUT2D eigenvalue weighted by Gasteiger charge is -2.12. The van der Waals surface area contributed by atoms with E-state index in [4.69, 9.17) is 0 Å². The maximum Gasteiger partial charge on any atom is 0.240 e.